The van der Waals surface area contributed by atoms with Gasteiger partial charge in [-0.05, 0) is 34.8 Å². The van der Waals surface area contributed by atoms with Crippen molar-refractivity contribution in [2.24, 2.45) is 0 Å². The van der Waals surface area contributed by atoms with Crippen molar-refractivity contribution in [2.45, 2.75) is 0 Å². The van der Waals surface area contributed by atoms with E-state index in [0.717, 1.165) is 0 Å². The standard InChI is InChI=1S/C3Cl3N3.FH/c4-1-7-2(5)9-3(6)8-1;/h;1H. The van der Waals surface area contributed by atoms with Crippen LogP contribution in [0, 0.1) is 0 Å². The van der Waals surface area contributed by atoms with Crippen LogP contribution in [0.1, 0.15) is 0 Å². The van der Waals surface area contributed by atoms with E-state index < -0.39 is 0 Å². The first-order valence-corrected chi connectivity index (χ1v) is 3.04. The Kier molecular flexibility index (Phi) is 3.78. The predicted octanol–water partition coefficient (Wildman–Crippen LogP) is 1.98. The highest BCUT2D eigenvalue weighted by Gasteiger charge is 1.97. The van der Waals surface area contributed by atoms with E-state index in [-0.39, 0.29) is 20.6 Å². The van der Waals surface area contributed by atoms with Crippen molar-refractivity contribution in [1.82, 2.24) is 15.0 Å². The minimum Gasteiger partial charge on any atom is -0.269 e. The van der Waals surface area contributed by atoms with Crippen LogP contribution in [-0.2, 0) is 0 Å². The van der Waals surface area contributed by atoms with Gasteiger partial charge < -0.3 is 0 Å². The first kappa shape index (κ1) is 9.81. The summed E-state index contributed by atoms with van der Waals surface area (Å²) in [6, 6.07) is 0. The van der Waals surface area contributed by atoms with Crippen molar-refractivity contribution >= 4 is 34.8 Å². The molecule has 0 aliphatic heterocycles. The maximum absolute atomic E-state index is 5.32. The fourth-order valence-electron chi connectivity index (χ4n) is 0.303. The van der Waals surface area contributed by atoms with Crippen LogP contribution in [0.4, 0.5) is 4.70 Å². The lowest BCUT2D eigenvalue weighted by atomic mass is 11.1. The first-order valence-electron chi connectivity index (χ1n) is 1.91. The van der Waals surface area contributed by atoms with E-state index in [9.17, 15) is 0 Å². The van der Waals surface area contributed by atoms with Gasteiger partial charge in [-0.15, -0.1) is 0 Å². The van der Waals surface area contributed by atoms with Crippen molar-refractivity contribution in [3.8, 4) is 0 Å². The lowest BCUT2D eigenvalue weighted by molar-refractivity contribution is 1.05. The second-order valence-electron chi connectivity index (χ2n) is 1.14. The van der Waals surface area contributed by atoms with E-state index in [2.05, 4.69) is 15.0 Å². The number of hydrogen-bond acceptors (Lipinski definition) is 3. The lowest BCUT2D eigenvalue weighted by Gasteiger charge is -1.88. The van der Waals surface area contributed by atoms with Crippen LogP contribution in [0.2, 0.25) is 15.9 Å². The summed E-state index contributed by atoms with van der Waals surface area (Å²) in [7, 11) is 0. The number of rotatable bonds is 0. The Morgan fingerprint density at radius 3 is 1.10 bits per heavy atom. The zero-order chi connectivity index (χ0) is 6.85. The third-order valence-electron chi connectivity index (χ3n) is 0.554. The van der Waals surface area contributed by atoms with Crippen LogP contribution in [-0.4, -0.2) is 15.0 Å². The number of halogens is 4. The molecule has 56 valence electrons. The third-order valence-corrected chi connectivity index (χ3v) is 1.06. The molecule has 0 aliphatic carbocycles. The second kappa shape index (κ2) is 3.85. The maximum Gasteiger partial charge on any atom is 0.227 e. The Bertz CT molecular complexity index is 180. The predicted molar refractivity (Wildman–Crippen MR) is 37.4 cm³/mol. The highest BCUT2D eigenvalue weighted by molar-refractivity contribution is 6.33. The van der Waals surface area contributed by atoms with Crippen molar-refractivity contribution in [1.29, 1.82) is 0 Å². The van der Waals surface area contributed by atoms with Gasteiger partial charge in [-0.3, -0.25) is 4.70 Å². The number of nitrogens with zero attached hydrogens (tertiary/aromatic N) is 3. The fraction of sp³-hybridized carbons (Fsp3) is 0. The Balaban J connectivity index is 0.000000810. The van der Waals surface area contributed by atoms with Gasteiger partial charge >= 0.3 is 0 Å². The van der Waals surface area contributed by atoms with E-state index in [1.54, 1.807) is 0 Å². The van der Waals surface area contributed by atoms with Crippen molar-refractivity contribution in [3.05, 3.63) is 15.9 Å². The van der Waals surface area contributed by atoms with Crippen LogP contribution in [0.15, 0.2) is 0 Å². The van der Waals surface area contributed by atoms with E-state index in [4.69, 9.17) is 34.8 Å². The summed E-state index contributed by atoms with van der Waals surface area (Å²) in [6.07, 6.45) is 0. The number of hydrogen-bond donors (Lipinski definition) is 0. The molecule has 0 N–H and O–H groups in total. The molecule has 1 rings (SSSR count). The normalized spacial score (nSPS) is 8.70. The van der Waals surface area contributed by atoms with E-state index >= 15 is 0 Å². The van der Waals surface area contributed by atoms with Gasteiger partial charge in [0.2, 0.25) is 15.9 Å². The van der Waals surface area contributed by atoms with Gasteiger partial charge in [-0.1, -0.05) is 0 Å². The van der Waals surface area contributed by atoms with E-state index in [1.165, 1.54) is 0 Å². The van der Waals surface area contributed by atoms with E-state index in [1.807, 2.05) is 0 Å². The zero-order valence-corrected chi connectivity index (χ0v) is 6.65. The highest BCUT2D eigenvalue weighted by Crippen LogP contribution is 2.08. The number of aromatic nitrogens is 3. The van der Waals surface area contributed by atoms with Gasteiger partial charge in [0, 0.05) is 0 Å². The minimum absolute atomic E-state index is 0. The monoisotopic (exact) mass is 203 g/mol. The highest BCUT2D eigenvalue weighted by atomic mass is 35.5. The SMILES string of the molecule is Clc1nc(Cl)nc(Cl)n1.F. The third kappa shape index (κ3) is 2.60. The summed E-state index contributed by atoms with van der Waals surface area (Å²) in [5.74, 6) is 0. The minimum atomic E-state index is 0. The van der Waals surface area contributed by atoms with Gasteiger partial charge in [-0.2, -0.15) is 15.0 Å². The molecule has 3 nitrogen and oxygen atoms in total. The van der Waals surface area contributed by atoms with Crippen LogP contribution in [0.25, 0.3) is 0 Å². The molecule has 0 atom stereocenters. The van der Waals surface area contributed by atoms with Crippen molar-refractivity contribution in [3.63, 3.8) is 0 Å². The largest absolute Gasteiger partial charge is 0.269 e. The van der Waals surface area contributed by atoms with Gasteiger partial charge in [0.25, 0.3) is 0 Å². The topological polar surface area (TPSA) is 38.7 Å². The van der Waals surface area contributed by atoms with Crippen LogP contribution in [0.5, 0.6) is 0 Å². The average molecular weight is 204 g/mol. The Labute approximate surface area is 70.7 Å². The molecule has 10 heavy (non-hydrogen) atoms. The second-order valence-corrected chi connectivity index (χ2v) is 2.16. The average Bonchev–Trinajstić information content (AvgIpc) is 1.59. The quantitative estimate of drug-likeness (QED) is 0.649. The fourth-order valence-corrected chi connectivity index (χ4v) is 0.913. The molecule has 0 aliphatic rings. The van der Waals surface area contributed by atoms with Gasteiger partial charge in [0.1, 0.15) is 0 Å². The molecule has 0 radical (unpaired) electrons. The van der Waals surface area contributed by atoms with E-state index in [0.29, 0.717) is 0 Å². The first-order chi connectivity index (χ1) is 4.18. The maximum atomic E-state index is 5.32. The molecular formula is C3HCl3FN3. The zero-order valence-electron chi connectivity index (χ0n) is 4.38. The summed E-state index contributed by atoms with van der Waals surface area (Å²) >= 11 is 16.0. The van der Waals surface area contributed by atoms with Crippen molar-refractivity contribution < 1.29 is 4.70 Å². The van der Waals surface area contributed by atoms with Gasteiger partial charge in [0.05, 0.1) is 0 Å². The molecule has 0 bridgehead atoms. The van der Waals surface area contributed by atoms with Crippen LogP contribution >= 0.6 is 34.8 Å². The summed E-state index contributed by atoms with van der Waals surface area (Å²) in [4.78, 5) is 10.4. The molecule has 0 fully saturated rings. The molecule has 0 amide bonds. The molecule has 1 heterocycles. The summed E-state index contributed by atoms with van der Waals surface area (Å²) < 4.78 is 0. The summed E-state index contributed by atoms with van der Waals surface area (Å²) in [6.45, 7) is 0. The smallest absolute Gasteiger partial charge is 0.227 e. The molecule has 1 aromatic rings. The van der Waals surface area contributed by atoms with Gasteiger partial charge in [0.15, 0.2) is 0 Å². The molecule has 7 heteroatoms. The lowest BCUT2D eigenvalue weighted by Crippen LogP contribution is -1.87. The Hall–Kier alpha value is -0.190. The Morgan fingerprint density at radius 2 is 0.900 bits per heavy atom. The molecule has 0 spiro atoms. The molecule has 0 saturated heterocycles. The van der Waals surface area contributed by atoms with Crippen molar-refractivity contribution in [2.75, 3.05) is 0 Å². The molecule has 0 saturated carbocycles. The van der Waals surface area contributed by atoms with Crippen LogP contribution in [0.3, 0.4) is 0 Å². The van der Waals surface area contributed by atoms with Gasteiger partial charge in [-0.25, -0.2) is 0 Å². The van der Waals surface area contributed by atoms with Crippen LogP contribution < -0.4 is 0 Å². The molecule has 0 unspecified atom stereocenters. The molecular weight excluding hydrogens is 203 g/mol. The Morgan fingerprint density at radius 1 is 0.700 bits per heavy atom. The molecule has 0 aromatic carbocycles. The summed E-state index contributed by atoms with van der Waals surface area (Å²) in [5.41, 5.74) is 0. The molecule has 1 aromatic heterocycles. The summed E-state index contributed by atoms with van der Waals surface area (Å²) in [5, 5.41) is 0.00000000000000178.